The van der Waals surface area contributed by atoms with Gasteiger partial charge in [-0.05, 0) is 47.5 Å². The lowest BCUT2D eigenvalue weighted by molar-refractivity contribution is 0.0730. The van der Waals surface area contributed by atoms with Gasteiger partial charge >= 0.3 is 0 Å². The van der Waals surface area contributed by atoms with Gasteiger partial charge in [-0.1, -0.05) is 24.3 Å². The monoisotopic (exact) mass is 412 g/mol. The van der Waals surface area contributed by atoms with Gasteiger partial charge in [0.05, 0.1) is 13.2 Å². The quantitative estimate of drug-likeness (QED) is 0.518. The predicted molar refractivity (Wildman–Crippen MR) is 115 cm³/mol. The van der Waals surface area contributed by atoms with Gasteiger partial charge in [0.2, 0.25) is 0 Å². The van der Waals surface area contributed by atoms with E-state index in [-0.39, 0.29) is 17.7 Å². The molecule has 0 fully saturated rings. The smallest absolute Gasteiger partial charge is 0.273 e. The first-order valence-corrected chi connectivity index (χ1v) is 9.88. The number of carbonyl (C=O) groups excluding carboxylic acids is 1. The zero-order valence-electron chi connectivity index (χ0n) is 16.8. The maximum absolute atomic E-state index is 13.4. The van der Waals surface area contributed by atoms with Gasteiger partial charge in [0.25, 0.3) is 5.91 Å². The van der Waals surface area contributed by atoms with E-state index in [1.54, 1.807) is 37.7 Å². The summed E-state index contributed by atoms with van der Waals surface area (Å²) < 4.78 is 5.30. The summed E-state index contributed by atoms with van der Waals surface area (Å²) in [5, 5.41) is 17.7. The molecule has 2 aromatic heterocycles. The minimum Gasteiger partial charge on any atom is -0.507 e. The summed E-state index contributed by atoms with van der Waals surface area (Å²) in [6.45, 7) is 0.417. The van der Waals surface area contributed by atoms with Gasteiger partial charge in [0.1, 0.15) is 22.9 Å². The Morgan fingerprint density at radius 2 is 1.81 bits per heavy atom. The highest BCUT2D eigenvalue weighted by Crippen LogP contribution is 2.45. The van der Waals surface area contributed by atoms with Gasteiger partial charge in [-0.25, -0.2) is 0 Å². The molecule has 1 unspecified atom stereocenters. The molecule has 7 nitrogen and oxygen atoms in total. The Morgan fingerprint density at radius 1 is 1.06 bits per heavy atom. The third-order valence-corrected chi connectivity index (χ3v) is 5.56. The molecule has 0 spiro atoms. The first-order chi connectivity index (χ1) is 15.2. The molecular formula is C24H20N4O3. The summed E-state index contributed by atoms with van der Waals surface area (Å²) >= 11 is 0. The lowest BCUT2D eigenvalue weighted by Gasteiger charge is -2.26. The predicted octanol–water partition coefficient (Wildman–Crippen LogP) is 3.93. The summed E-state index contributed by atoms with van der Waals surface area (Å²) in [6.07, 6.45) is 3.43. The number of fused-ring (bicyclic) bond motifs is 1. The Labute approximate surface area is 179 Å². The molecule has 0 aliphatic carbocycles. The largest absolute Gasteiger partial charge is 0.507 e. The fraction of sp³-hybridized carbons (Fsp3) is 0.125. The number of hydrogen-bond acceptors (Lipinski definition) is 5. The molecule has 0 saturated carbocycles. The summed E-state index contributed by atoms with van der Waals surface area (Å²) in [5.74, 6) is 0.717. The molecule has 0 bridgehead atoms. The molecule has 1 aliphatic rings. The fourth-order valence-electron chi connectivity index (χ4n) is 4.06. The van der Waals surface area contributed by atoms with Crippen LogP contribution in [0.3, 0.4) is 0 Å². The van der Waals surface area contributed by atoms with Crippen molar-refractivity contribution in [1.29, 1.82) is 0 Å². The van der Waals surface area contributed by atoms with E-state index in [0.29, 0.717) is 23.5 Å². The van der Waals surface area contributed by atoms with Gasteiger partial charge in [0, 0.05) is 30.1 Å². The number of hydrogen-bond donors (Lipinski definition) is 2. The molecule has 31 heavy (non-hydrogen) atoms. The normalized spacial score (nSPS) is 15.2. The Hall–Kier alpha value is -4.13. The zero-order chi connectivity index (χ0) is 21.4. The Morgan fingerprint density at radius 3 is 2.52 bits per heavy atom. The summed E-state index contributed by atoms with van der Waals surface area (Å²) in [4.78, 5) is 19.3. The number of aromatic nitrogens is 3. The van der Waals surface area contributed by atoms with Gasteiger partial charge in [0.15, 0.2) is 0 Å². The molecule has 1 aliphatic heterocycles. The molecule has 0 radical (unpaired) electrons. The maximum atomic E-state index is 13.4. The Kier molecular flexibility index (Phi) is 4.63. The second kappa shape index (κ2) is 7.60. The van der Waals surface area contributed by atoms with E-state index < -0.39 is 0 Å². The van der Waals surface area contributed by atoms with Crippen LogP contribution in [-0.4, -0.2) is 38.2 Å². The van der Waals surface area contributed by atoms with Crippen LogP contribution >= 0.6 is 0 Å². The summed E-state index contributed by atoms with van der Waals surface area (Å²) in [5.41, 5.74) is 4.25. The topological polar surface area (TPSA) is 91.3 Å². The number of methoxy groups -OCH3 is 1. The number of aromatic amines is 1. The molecule has 5 rings (SSSR count). The van der Waals surface area contributed by atoms with E-state index in [0.717, 1.165) is 22.4 Å². The standard InChI is InChI=1S/C24H20N4O3/c1-31-17-8-6-16(7-9-17)23-20-21(18-4-2-3-5-19(18)29)26-27-22(20)24(30)28(23)14-15-10-12-25-13-11-15/h2-13,23,29H,14H2,1H3,(H,26,27). The number of phenols is 1. The molecule has 2 aromatic carbocycles. The van der Waals surface area contributed by atoms with E-state index >= 15 is 0 Å². The Balaban J connectivity index is 1.66. The number of H-pyrrole nitrogens is 1. The van der Waals surface area contributed by atoms with E-state index in [1.165, 1.54) is 0 Å². The van der Waals surface area contributed by atoms with Gasteiger partial charge in [-0.2, -0.15) is 5.10 Å². The van der Waals surface area contributed by atoms with Crippen molar-refractivity contribution >= 4 is 5.91 Å². The number of pyridine rings is 1. The molecule has 7 heteroatoms. The van der Waals surface area contributed by atoms with Crippen molar-refractivity contribution in [2.24, 2.45) is 0 Å². The number of carbonyl (C=O) groups is 1. The zero-order valence-corrected chi connectivity index (χ0v) is 16.8. The Bertz CT molecular complexity index is 1240. The number of nitrogens with zero attached hydrogens (tertiary/aromatic N) is 3. The second-order valence-electron chi connectivity index (χ2n) is 7.34. The number of rotatable bonds is 5. The molecule has 154 valence electrons. The lowest BCUT2D eigenvalue weighted by Crippen LogP contribution is -2.29. The third kappa shape index (κ3) is 3.20. The number of nitrogens with one attached hydrogen (secondary N) is 1. The highest BCUT2D eigenvalue weighted by Gasteiger charge is 2.42. The number of ether oxygens (including phenoxy) is 1. The number of benzene rings is 2. The summed E-state index contributed by atoms with van der Waals surface area (Å²) in [7, 11) is 1.62. The van der Waals surface area contributed by atoms with Crippen LogP contribution < -0.4 is 4.74 Å². The number of phenolic OH excluding ortho intramolecular Hbond substituents is 1. The van der Waals surface area contributed by atoms with Gasteiger partial charge < -0.3 is 14.7 Å². The number of aromatic hydroxyl groups is 1. The number of para-hydroxylation sites is 1. The van der Waals surface area contributed by atoms with E-state index in [2.05, 4.69) is 15.2 Å². The minimum atomic E-state index is -0.366. The van der Waals surface area contributed by atoms with Crippen LogP contribution in [0.15, 0.2) is 73.1 Å². The van der Waals surface area contributed by atoms with Crippen LogP contribution in [0, 0.1) is 0 Å². The van der Waals surface area contributed by atoms with Crippen molar-refractivity contribution in [1.82, 2.24) is 20.1 Å². The number of amides is 1. The summed E-state index contributed by atoms with van der Waals surface area (Å²) in [6, 6.07) is 18.1. The van der Waals surface area contributed by atoms with Crippen LogP contribution in [0.2, 0.25) is 0 Å². The van der Waals surface area contributed by atoms with Crippen LogP contribution in [0.4, 0.5) is 0 Å². The maximum Gasteiger partial charge on any atom is 0.273 e. The molecule has 2 N–H and O–H groups in total. The van der Waals surface area contributed by atoms with Crippen molar-refractivity contribution in [2.45, 2.75) is 12.6 Å². The minimum absolute atomic E-state index is 0.116. The van der Waals surface area contributed by atoms with Crippen molar-refractivity contribution in [2.75, 3.05) is 7.11 Å². The molecule has 4 aromatic rings. The van der Waals surface area contributed by atoms with Crippen LogP contribution in [0.25, 0.3) is 11.3 Å². The SMILES string of the molecule is COc1ccc(C2c3c(-c4ccccc4O)n[nH]c3C(=O)N2Cc2ccncc2)cc1. The molecule has 3 heterocycles. The first-order valence-electron chi connectivity index (χ1n) is 9.88. The molecule has 1 amide bonds. The van der Waals surface area contributed by atoms with Crippen LogP contribution in [0.5, 0.6) is 11.5 Å². The average molecular weight is 412 g/mol. The molecular weight excluding hydrogens is 392 g/mol. The second-order valence-corrected chi connectivity index (χ2v) is 7.34. The van der Waals surface area contributed by atoms with Crippen molar-refractivity contribution < 1.29 is 14.6 Å². The van der Waals surface area contributed by atoms with Gasteiger partial charge in [-0.15, -0.1) is 0 Å². The van der Waals surface area contributed by atoms with Crippen molar-refractivity contribution in [3.63, 3.8) is 0 Å². The molecule has 1 atom stereocenters. The van der Waals surface area contributed by atoms with E-state index in [9.17, 15) is 9.90 Å². The van der Waals surface area contributed by atoms with Crippen molar-refractivity contribution in [3.05, 3.63) is 95.4 Å². The highest BCUT2D eigenvalue weighted by molar-refractivity contribution is 6.00. The lowest BCUT2D eigenvalue weighted by atomic mass is 9.95. The fourth-order valence-corrected chi connectivity index (χ4v) is 4.06. The third-order valence-electron chi connectivity index (χ3n) is 5.56. The van der Waals surface area contributed by atoms with Crippen LogP contribution in [0.1, 0.15) is 33.2 Å². The van der Waals surface area contributed by atoms with Crippen molar-refractivity contribution in [3.8, 4) is 22.8 Å². The van der Waals surface area contributed by atoms with E-state index in [4.69, 9.17) is 4.74 Å². The highest BCUT2D eigenvalue weighted by atomic mass is 16.5. The van der Waals surface area contributed by atoms with Gasteiger partial charge in [-0.3, -0.25) is 14.9 Å². The van der Waals surface area contributed by atoms with Crippen LogP contribution in [-0.2, 0) is 6.54 Å². The molecule has 0 saturated heterocycles. The van der Waals surface area contributed by atoms with E-state index in [1.807, 2.05) is 47.4 Å². The first kappa shape index (κ1) is 18.9. The average Bonchev–Trinajstić information content (AvgIpc) is 3.34.